The second-order valence-corrected chi connectivity index (χ2v) is 6.53. The molecule has 0 saturated heterocycles. The van der Waals surface area contributed by atoms with Crippen molar-refractivity contribution in [3.63, 3.8) is 0 Å². The Morgan fingerprint density at radius 1 is 1.47 bits per heavy atom. The van der Waals surface area contributed by atoms with Crippen molar-refractivity contribution in [3.05, 3.63) is 29.3 Å². The summed E-state index contributed by atoms with van der Waals surface area (Å²) in [7, 11) is -3.90. The van der Waals surface area contributed by atoms with Gasteiger partial charge in [-0.2, -0.15) is 5.26 Å². The molecule has 6 heteroatoms. The molecule has 1 aliphatic rings. The topological polar surface area (TPSA) is 87.0 Å². The van der Waals surface area contributed by atoms with Crippen LogP contribution in [0.5, 0.6) is 0 Å². The molecule has 0 unspecified atom stereocenters. The van der Waals surface area contributed by atoms with E-state index in [0.717, 1.165) is 6.42 Å². The Labute approximate surface area is 112 Å². The number of nitriles is 1. The van der Waals surface area contributed by atoms with Gasteiger partial charge in [0.25, 0.3) is 10.0 Å². The predicted molar refractivity (Wildman–Crippen MR) is 68.5 cm³/mol. The number of carbonyl (C=O) groups excluding carboxylic acids is 1. The highest BCUT2D eigenvalue weighted by Gasteiger charge is 2.40. The van der Waals surface area contributed by atoms with Gasteiger partial charge in [-0.1, -0.05) is 13.0 Å². The Morgan fingerprint density at radius 2 is 2.11 bits per heavy atom. The van der Waals surface area contributed by atoms with Crippen LogP contribution in [0, 0.1) is 30.1 Å². The smallest absolute Gasteiger partial charge is 0.264 e. The third kappa shape index (κ3) is 2.76. The Morgan fingerprint density at radius 3 is 2.63 bits per heavy atom. The molecule has 1 aromatic rings. The Balaban J connectivity index is 2.29. The third-order valence-corrected chi connectivity index (χ3v) is 4.78. The summed E-state index contributed by atoms with van der Waals surface area (Å²) in [4.78, 5) is 11.7. The van der Waals surface area contributed by atoms with E-state index >= 15 is 0 Å². The van der Waals surface area contributed by atoms with Crippen molar-refractivity contribution in [2.75, 3.05) is 0 Å². The highest BCUT2D eigenvalue weighted by molar-refractivity contribution is 7.90. The fourth-order valence-corrected chi connectivity index (χ4v) is 3.21. The monoisotopic (exact) mass is 278 g/mol. The molecule has 1 saturated carbocycles. The van der Waals surface area contributed by atoms with Crippen molar-refractivity contribution in [1.82, 2.24) is 4.72 Å². The van der Waals surface area contributed by atoms with Crippen molar-refractivity contribution in [1.29, 1.82) is 5.26 Å². The van der Waals surface area contributed by atoms with Gasteiger partial charge in [-0.15, -0.1) is 0 Å². The van der Waals surface area contributed by atoms with Gasteiger partial charge in [0.2, 0.25) is 5.91 Å². The van der Waals surface area contributed by atoms with Crippen LogP contribution < -0.4 is 4.72 Å². The van der Waals surface area contributed by atoms with Crippen LogP contribution in [0.15, 0.2) is 23.1 Å². The largest absolute Gasteiger partial charge is 0.274 e. The lowest BCUT2D eigenvalue weighted by atomic mass is 10.2. The fraction of sp³-hybridized carbons (Fsp3) is 0.385. The van der Waals surface area contributed by atoms with E-state index in [0.29, 0.717) is 5.56 Å². The molecular formula is C13H14N2O3S. The lowest BCUT2D eigenvalue weighted by Gasteiger charge is -2.09. The molecule has 0 spiro atoms. The van der Waals surface area contributed by atoms with E-state index in [1.165, 1.54) is 6.07 Å². The lowest BCUT2D eigenvalue weighted by Crippen LogP contribution is -2.32. The van der Waals surface area contributed by atoms with Gasteiger partial charge in [0.05, 0.1) is 16.5 Å². The van der Waals surface area contributed by atoms with Crippen LogP contribution in [0.3, 0.4) is 0 Å². The lowest BCUT2D eigenvalue weighted by molar-refractivity contribution is -0.120. The van der Waals surface area contributed by atoms with Crippen molar-refractivity contribution < 1.29 is 13.2 Å². The molecule has 1 aromatic carbocycles. The molecule has 2 atom stereocenters. The number of nitrogens with one attached hydrogen (secondary N) is 1. The molecule has 1 amide bonds. The van der Waals surface area contributed by atoms with Crippen LogP contribution in [-0.4, -0.2) is 14.3 Å². The molecular weight excluding hydrogens is 264 g/mol. The first-order valence-electron chi connectivity index (χ1n) is 5.92. The molecule has 0 aliphatic heterocycles. The van der Waals surface area contributed by atoms with Crippen molar-refractivity contribution in [2.45, 2.75) is 25.2 Å². The van der Waals surface area contributed by atoms with Crippen LogP contribution in [-0.2, 0) is 14.8 Å². The van der Waals surface area contributed by atoms with Gasteiger partial charge in [-0.25, -0.2) is 13.1 Å². The number of hydrogen-bond acceptors (Lipinski definition) is 4. The molecule has 0 bridgehead atoms. The van der Waals surface area contributed by atoms with Crippen LogP contribution in [0.25, 0.3) is 0 Å². The Hall–Kier alpha value is -1.87. The van der Waals surface area contributed by atoms with Gasteiger partial charge in [0.15, 0.2) is 0 Å². The normalized spacial score (nSPS) is 21.5. The third-order valence-electron chi connectivity index (χ3n) is 3.29. The molecule has 1 fully saturated rings. The SMILES string of the molecule is Cc1ccc(C#N)cc1S(=O)(=O)NC(=O)[C@H]1C[C@@H]1C. The van der Waals surface area contributed by atoms with Crippen LogP contribution >= 0.6 is 0 Å². The summed E-state index contributed by atoms with van der Waals surface area (Å²) in [6.45, 7) is 3.53. The van der Waals surface area contributed by atoms with E-state index < -0.39 is 15.9 Å². The van der Waals surface area contributed by atoms with Gasteiger partial charge in [-0.3, -0.25) is 4.79 Å². The van der Waals surface area contributed by atoms with E-state index in [2.05, 4.69) is 4.72 Å². The predicted octanol–water partition coefficient (Wildman–Crippen LogP) is 1.33. The zero-order valence-corrected chi connectivity index (χ0v) is 11.5. The minimum atomic E-state index is -3.90. The maximum Gasteiger partial charge on any atom is 0.264 e. The number of amides is 1. The quantitative estimate of drug-likeness (QED) is 0.903. The summed E-state index contributed by atoms with van der Waals surface area (Å²) >= 11 is 0. The molecule has 2 rings (SSSR count). The summed E-state index contributed by atoms with van der Waals surface area (Å²) < 4.78 is 26.3. The minimum Gasteiger partial charge on any atom is -0.274 e. The maximum absolute atomic E-state index is 12.1. The highest BCUT2D eigenvalue weighted by atomic mass is 32.2. The van der Waals surface area contributed by atoms with E-state index in [-0.39, 0.29) is 22.3 Å². The summed E-state index contributed by atoms with van der Waals surface area (Å²) in [6, 6.07) is 6.26. The number of rotatable bonds is 3. The van der Waals surface area contributed by atoms with Crippen molar-refractivity contribution in [3.8, 4) is 6.07 Å². The van der Waals surface area contributed by atoms with Gasteiger partial charge in [0.1, 0.15) is 0 Å². The first-order chi connectivity index (χ1) is 8.85. The molecule has 5 nitrogen and oxygen atoms in total. The van der Waals surface area contributed by atoms with Gasteiger partial charge < -0.3 is 0 Å². The molecule has 0 aromatic heterocycles. The van der Waals surface area contributed by atoms with Crippen LogP contribution in [0.4, 0.5) is 0 Å². The van der Waals surface area contributed by atoms with E-state index in [1.54, 1.807) is 19.1 Å². The first kappa shape index (κ1) is 13.6. The summed E-state index contributed by atoms with van der Waals surface area (Å²) in [6.07, 6.45) is 0.721. The number of aryl methyl sites for hydroxylation is 1. The molecule has 0 radical (unpaired) electrons. The standard InChI is InChI=1S/C13H14N2O3S/c1-8-3-4-10(7-14)6-12(8)19(17,18)15-13(16)11-5-9(11)2/h3-4,6,9,11H,5H2,1-2H3,(H,15,16)/t9-,11-/m0/s1. The van der Waals surface area contributed by atoms with Gasteiger partial charge in [0, 0.05) is 5.92 Å². The average Bonchev–Trinajstić information content (AvgIpc) is 3.06. The zero-order chi connectivity index (χ0) is 14.2. The number of sulfonamides is 1. The molecule has 0 heterocycles. The number of nitrogens with zero attached hydrogens (tertiary/aromatic N) is 1. The second-order valence-electron chi connectivity index (χ2n) is 4.88. The van der Waals surface area contributed by atoms with Gasteiger partial charge >= 0.3 is 0 Å². The number of carbonyl (C=O) groups is 1. The van der Waals surface area contributed by atoms with Crippen LogP contribution in [0.1, 0.15) is 24.5 Å². The second kappa shape index (κ2) is 4.67. The Bertz CT molecular complexity index is 674. The van der Waals surface area contributed by atoms with E-state index in [4.69, 9.17) is 5.26 Å². The van der Waals surface area contributed by atoms with Gasteiger partial charge in [-0.05, 0) is 37.0 Å². The molecule has 100 valence electrons. The molecule has 1 N–H and O–H groups in total. The van der Waals surface area contributed by atoms with Crippen LogP contribution in [0.2, 0.25) is 0 Å². The van der Waals surface area contributed by atoms with E-state index in [1.807, 2.05) is 13.0 Å². The minimum absolute atomic E-state index is 0.0202. The highest BCUT2D eigenvalue weighted by Crippen LogP contribution is 2.38. The first-order valence-corrected chi connectivity index (χ1v) is 7.41. The summed E-state index contributed by atoms with van der Waals surface area (Å²) in [5.41, 5.74) is 0.751. The van der Waals surface area contributed by atoms with Crippen molar-refractivity contribution in [2.24, 2.45) is 11.8 Å². The Kier molecular flexibility index (Phi) is 3.33. The van der Waals surface area contributed by atoms with Crippen molar-refractivity contribution >= 4 is 15.9 Å². The molecule has 1 aliphatic carbocycles. The maximum atomic E-state index is 12.1. The number of hydrogen-bond donors (Lipinski definition) is 1. The average molecular weight is 278 g/mol. The summed E-state index contributed by atoms with van der Waals surface area (Å²) in [5, 5.41) is 8.80. The van der Waals surface area contributed by atoms with E-state index in [9.17, 15) is 13.2 Å². The summed E-state index contributed by atoms with van der Waals surface area (Å²) in [5.74, 6) is -0.440. The zero-order valence-electron chi connectivity index (χ0n) is 10.7. The molecule has 19 heavy (non-hydrogen) atoms. The number of benzene rings is 1. The fourth-order valence-electron chi connectivity index (χ4n) is 1.91.